The van der Waals surface area contributed by atoms with Crippen LogP contribution >= 0.6 is 0 Å². The Morgan fingerprint density at radius 3 is 2.93 bits per heavy atom. The number of unbranched alkanes of at least 4 members (excludes halogenated alkanes) is 3. The topological polar surface area (TPSA) is 56.4 Å². The maximum absolute atomic E-state index is 12.7. The Hall–Kier alpha value is -1.59. The smallest absolute Gasteiger partial charge is 0.242 e. The lowest BCUT2D eigenvalue weighted by atomic mass is 10.1. The average molecular weight is 373 g/mol. The van der Waals surface area contributed by atoms with Gasteiger partial charge in [-0.3, -0.25) is 9.69 Å². The molecule has 1 amide bonds. The maximum Gasteiger partial charge on any atom is 0.242 e. The van der Waals surface area contributed by atoms with Crippen LogP contribution in [-0.2, 0) is 11.2 Å². The van der Waals surface area contributed by atoms with Gasteiger partial charge in [-0.2, -0.15) is 0 Å². The van der Waals surface area contributed by atoms with Crippen molar-refractivity contribution in [3.63, 3.8) is 0 Å². The van der Waals surface area contributed by atoms with Gasteiger partial charge in [0.15, 0.2) is 0 Å². The molecule has 1 fully saturated rings. The fourth-order valence-electron chi connectivity index (χ4n) is 4.30. The van der Waals surface area contributed by atoms with E-state index in [1.54, 1.807) is 0 Å². The van der Waals surface area contributed by atoms with Gasteiger partial charge in [-0.15, -0.1) is 0 Å². The van der Waals surface area contributed by atoms with Gasteiger partial charge >= 0.3 is 0 Å². The van der Waals surface area contributed by atoms with E-state index in [4.69, 9.17) is 0 Å². The number of benzene rings is 1. The first-order chi connectivity index (χ1) is 13.1. The predicted octanol–water partition coefficient (Wildman–Crippen LogP) is 2.69. The van der Waals surface area contributed by atoms with Gasteiger partial charge in [-0.05, 0) is 37.9 Å². The summed E-state index contributed by atoms with van der Waals surface area (Å²) in [5.41, 5.74) is 3.61. The van der Waals surface area contributed by atoms with Gasteiger partial charge in [0, 0.05) is 43.8 Å². The fraction of sp³-hybridized carbons (Fsp3) is 0.682. The molecule has 150 valence electrons. The van der Waals surface area contributed by atoms with Crippen molar-refractivity contribution < 1.29 is 4.79 Å². The first-order valence-electron chi connectivity index (χ1n) is 10.7. The third-order valence-electron chi connectivity index (χ3n) is 5.96. The molecule has 0 saturated carbocycles. The number of nitrogens with one attached hydrogen (secondary N) is 3. The summed E-state index contributed by atoms with van der Waals surface area (Å²) >= 11 is 0. The monoisotopic (exact) mass is 372 g/mol. The molecule has 27 heavy (non-hydrogen) atoms. The molecule has 0 aliphatic carbocycles. The number of hydrogen-bond donors (Lipinski definition) is 3. The summed E-state index contributed by atoms with van der Waals surface area (Å²) in [7, 11) is 0. The molecule has 0 bridgehead atoms. The second kappa shape index (κ2) is 9.56. The minimum Gasteiger partial charge on any atom is -0.373 e. The number of amides is 1. The van der Waals surface area contributed by atoms with Gasteiger partial charge in [-0.1, -0.05) is 44.4 Å². The van der Waals surface area contributed by atoms with Gasteiger partial charge in [0.25, 0.3) is 0 Å². The van der Waals surface area contributed by atoms with Crippen LogP contribution in [-0.4, -0.2) is 55.1 Å². The first-order valence-corrected chi connectivity index (χ1v) is 10.7. The molecule has 0 aromatic heterocycles. The lowest BCUT2D eigenvalue weighted by Crippen LogP contribution is -2.59. The molecule has 2 heterocycles. The average Bonchev–Trinajstić information content (AvgIpc) is 3.10. The third kappa shape index (κ3) is 5.23. The zero-order chi connectivity index (χ0) is 19.2. The van der Waals surface area contributed by atoms with Crippen molar-refractivity contribution in [3.8, 4) is 0 Å². The van der Waals surface area contributed by atoms with Crippen LogP contribution in [0.15, 0.2) is 18.2 Å². The van der Waals surface area contributed by atoms with Gasteiger partial charge in [0.2, 0.25) is 5.91 Å². The van der Waals surface area contributed by atoms with E-state index in [2.05, 4.69) is 59.8 Å². The van der Waals surface area contributed by atoms with Crippen LogP contribution in [0.25, 0.3) is 0 Å². The van der Waals surface area contributed by atoms with E-state index in [1.807, 2.05) is 0 Å². The van der Waals surface area contributed by atoms with Crippen molar-refractivity contribution in [1.29, 1.82) is 0 Å². The Bertz CT molecular complexity index is 633. The lowest BCUT2D eigenvalue weighted by molar-refractivity contribution is -0.122. The van der Waals surface area contributed by atoms with E-state index >= 15 is 0 Å². The normalized spacial score (nSPS) is 25.1. The number of hydrogen-bond acceptors (Lipinski definition) is 4. The maximum atomic E-state index is 12.7. The van der Waals surface area contributed by atoms with Crippen LogP contribution in [0.5, 0.6) is 0 Å². The molecule has 1 saturated heterocycles. The number of rotatable bonds is 8. The van der Waals surface area contributed by atoms with Gasteiger partial charge in [-0.25, -0.2) is 0 Å². The summed E-state index contributed by atoms with van der Waals surface area (Å²) in [6, 6.07) is 7.05. The van der Waals surface area contributed by atoms with Gasteiger partial charge in [0.1, 0.15) is 6.04 Å². The Morgan fingerprint density at radius 1 is 1.30 bits per heavy atom. The summed E-state index contributed by atoms with van der Waals surface area (Å²) < 4.78 is 0. The molecule has 2 aliphatic heterocycles. The van der Waals surface area contributed by atoms with Crippen molar-refractivity contribution in [3.05, 3.63) is 29.3 Å². The second-order valence-electron chi connectivity index (χ2n) is 8.27. The minimum atomic E-state index is -0.144. The number of carbonyl (C=O) groups excluding carboxylic acids is 1. The number of para-hydroxylation sites is 1. The van der Waals surface area contributed by atoms with E-state index in [0.29, 0.717) is 12.1 Å². The molecule has 3 rings (SSSR count). The van der Waals surface area contributed by atoms with Gasteiger partial charge < -0.3 is 16.0 Å². The molecule has 3 N–H and O–H groups in total. The fourth-order valence-corrected chi connectivity index (χ4v) is 4.30. The summed E-state index contributed by atoms with van der Waals surface area (Å²) in [5, 5.41) is 10.2. The SMILES string of the molecule is CCCCCCN1CC(C)NCC1CNC(=O)C1Cc2cccc(C)c2N1. The van der Waals surface area contributed by atoms with E-state index in [-0.39, 0.29) is 11.9 Å². The Labute approximate surface area is 164 Å². The molecule has 0 radical (unpaired) electrons. The van der Waals surface area contributed by atoms with Crippen molar-refractivity contribution in [2.75, 3.05) is 31.5 Å². The summed E-state index contributed by atoms with van der Waals surface area (Å²) in [5.74, 6) is 0.121. The Morgan fingerprint density at radius 2 is 2.15 bits per heavy atom. The molecule has 1 aromatic rings. The minimum absolute atomic E-state index is 0.121. The molecule has 3 unspecified atom stereocenters. The summed E-state index contributed by atoms with van der Waals surface area (Å²) in [6.45, 7) is 10.5. The van der Waals surface area contributed by atoms with Gasteiger partial charge in [0.05, 0.1) is 0 Å². The molecule has 0 spiro atoms. The molecular weight excluding hydrogens is 336 g/mol. The standard InChI is InChI=1S/C22H36N4O/c1-4-5-6-7-11-26-15-17(3)23-13-19(26)14-24-22(27)20-12-18-10-8-9-16(2)21(18)25-20/h8-10,17,19-20,23,25H,4-7,11-15H2,1-3H3,(H,24,27). The van der Waals surface area contributed by atoms with E-state index in [9.17, 15) is 4.79 Å². The van der Waals surface area contributed by atoms with Crippen LogP contribution in [0.4, 0.5) is 5.69 Å². The van der Waals surface area contributed by atoms with Crippen LogP contribution in [0.1, 0.15) is 50.7 Å². The lowest BCUT2D eigenvalue weighted by Gasteiger charge is -2.39. The molecule has 5 nitrogen and oxygen atoms in total. The summed E-state index contributed by atoms with van der Waals surface area (Å²) in [6.07, 6.45) is 5.93. The van der Waals surface area contributed by atoms with Crippen molar-refractivity contribution >= 4 is 11.6 Å². The molecule has 2 aliphatic rings. The van der Waals surface area contributed by atoms with Crippen LogP contribution in [0.2, 0.25) is 0 Å². The number of nitrogens with zero attached hydrogens (tertiary/aromatic N) is 1. The van der Waals surface area contributed by atoms with Crippen molar-refractivity contribution in [1.82, 2.24) is 15.5 Å². The number of piperazine rings is 1. The molecule has 5 heteroatoms. The highest BCUT2D eigenvalue weighted by molar-refractivity contribution is 5.87. The first kappa shape index (κ1) is 20.2. The largest absolute Gasteiger partial charge is 0.373 e. The quantitative estimate of drug-likeness (QED) is 0.614. The summed E-state index contributed by atoms with van der Waals surface area (Å²) in [4.78, 5) is 15.3. The van der Waals surface area contributed by atoms with Crippen molar-refractivity contribution in [2.45, 2.75) is 71.0 Å². The van der Waals surface area contributed by atoms with Crippen LogP contribution in [0.3, 0.4) is 0 Å². The molecular formula is C22H36N4O. The second-order valence-corrected chi connectivity index (χ2v) is 8.27. The number of carbonyl (C=O) groups is 1. The number of fused-ring (bicyclic) bond motifs is 1. The van der Waals surface area contributed by atoms with Crippen molar-refractivity contribution in [2.24, 2.45) is 0 Å². The Balaban J connectivity index is 1.49. The van der Waals surface area contributed by atoms with E-state index < -0.39 is 0 Å². The number of anilines is 1. The third-order valence-corrected chi connectivity index (χ3v) is 5.96. The highest BCUT2D eigenvalue weighted by atomic mass is 16.2. The highest BCUT2D eigenvalue weighted by Gasteiger charge is 2.30. The van der Waals surface area contributed by atoms with Crippen LogP contribution in [0, 0.1) is 6.92 Å². The Kier molecular flexibility index (Phi) is 7.13. The van der Waals surface area contributed by atoms with Crippen LogP contribution < -0.4 is 16.0 Å². The van der Waals surface area contributed by atoms with E-state index in [0.717, 1.165) is 38.3 Å². The predicted molar refractivity (Wildman–Crippen MR) is 112 cm³/mol. The molecule has 1 aromatic carbocycles. The zero-order valence-corrected chi connectivity index (χ0v) is 17.2. The van der Waals surface area contributed by atoms with E-state index in [1.165, 1.54) is 36.8 Å². The molecule has 3 atom stereocenters. The number of aryl methyl sites for hydroxylation is 1. The highest BCUT2D eigenvalue weighted by Crippen LogP contribution is 2.29. The zero-order valence-electron chi connectivity index (χ0n) is 17.2.